The Morgan fingerprint density at radius 2 is 2.10 bits per heavy atom. The third-order valence-corrected chi connectivity index (χ3v) is 4.09. The molecule has 0 N–H and O–H groups in total. The van der Waals surface area contributed by atoms with Crippen LogP contribution in [0.3, 0.4) is 0 Å². The zero-order chi connectivity index (χ0) is 14.1. The lowest BCUT2D eigenvalue weighted by atomic mass is 9.96. The van der Waals surface area contributed by atoms with Crippen LogP contribution in [0.15, 0.2) is 24.3 Å². The fourth-order valence-electron chi connectivity index (χ4n) is 2.66. The quantitative estimate of drug-likeness (QED) is 0.790. The van der Waals surface area contributed by atoms with Gasteiger partial charge in [0.25, 0.3) is 0 Å². The number of ether oxygens (including phenoxy) is 1. The van der Waals surface area contributed by atoms with Gasteiger partial charge in [0.2, 0.25) is 0 Å². The lowest BCUT2D eigenvalue weighted by Gasteiger charge is -2.24. The molecule has 1 aliphatic rings. The molecule has 1 aromatic carbocycles. The maximum atomic E-state index is 6.26. The van der Waals surface area contributed by atoms with Crippen LogP contribution >= 0.6 is 11.6 Å². The monoisotopic (exact) mass is 288 g/mol. The van der Waals surface area contributed by atoms with Gasteiger partial charge in [-0.3, -0.25) is 0 Å². The molecule has 1 aromatic heterocycles. The lowest BCUT2D eigenvalue weighted by Crippen LogP contribution is -2.21. The van der Waals surface area contributed by atoms with Gasteiger partial charge < -0.3 is 4.74 Å². The fourth-order valence-corrected chi connectivity index (χ4v) is 3.02. The summed E-state index contributed by atoms with van der Waals surface area (Å²) in [5.41, 5.74) is 3.22. The predicted molar refractivity (Wildman–Crippen MR) is 79.5 cm³/mol. The van der Waals surface area contributed by atoms with E-state index in [9.17, 15) is 0 Å². The van der Waals surface area contributed by atoms with E-state index in [2.05, 4.69) is 23.0 Å². The Balaban J connectivity index is 1.92. The highest BCUT2D eigenvalue weighted by Crippen LogP contribution is 2.31. The van der Waals surface area contributed by atoms with Gasteiger partial charge >= 0.3 is 0 Å². The molecular formula is C16H17ClN2O. The molecule has 20 heavy (non-hydrogen) atoms. The molecular weight excluding hydrogens is 272 g/mol. The van der Waals surface area contributed by atoms with Crippen LogP contribution in [0.5, 0.6) is 5.75 Å². The number of aromatic nitrogens is 2. The van der Waals surface area contributed by atoms with Gasteiger partial charge in [-0.15, -0.1) is 0 Å². The molecule has 4 heteroatoms. The Kier molecular flexibility index (Phi) is 3.62. The van der Waals surface area contributed by atoms with Crippen LogP contribution in [0.2, 0.25) is 5.15 Å². The van der Waals surface area contributed by atoms with E-state index in [0.29, 0.717) is 11.8 Å². The van der Waals surface area contributed by atoms with Gasteiger partial charge in [-0.2, -0.15) is 0 Å². The van der Waals surface area contributed by atoms with Gasteiger partial charge in [0.1, 0.15) is 16.7 Å². The number of para-hydroxylation sites is 1. The number of hydrogen-bond donors (Lipinski definition) is 0. The zero-order valence-electron chi connectivity index (χ0n) is 11.7. The summed E-state index contributed by atoms with van der Waals surface area (Å²) in [5, 5.41) is 0.578. The number of halogens is 1. The largest absolute Gasteiger partial charge is 0.493 e. The first-order chi connectivity index (χ1) is 9.69. The average Bonchev–Trinajstić information content (AvgIpc) is 2.46. The normalized spacial score (nSPS) is 17.4. The van der Waals surface area contributed by atoms with Crippen LogP contribution in [0.25, 0.3) is 0 Å². The first kappa shape index (κ1) is 13.4. The molecule has 3 nitrogen and oxygen atoms in total. The summed E-state index contributed by atoms with van der Waals surface area (Å²) < 4.78 is 5.80. The summed E-state index contributed by atoms with van der Waals surface area (Å²) in [6, 6.07) is 8.12. The molecule has 1 unspecified atom stereocenters. The maximum absolute atomic E-state index is 6.26. The van der Waals surface area contributed by atoms with E-state index in [-0.39, 0.29) is 5.92 Å². The molecule has 104 valence electrons. The fraction of sp³-hybridized carbons (Fsp3) is 0.375. The third-order valence-electron chi connectivity index (χ3n) is 3.78. The number of fused-ring (bicyclic) bond motifs is 1. The molecule has 0 radical (unpaired) electrons. The Hall–Kier alpha value is -1.61. The van der Waals surface area contributed by atoms with Crippen LogP contribution in [0, 0.1) is 6.92 Å². The summed E-state index contributed by atoms with van der Waals surface area (Å²) >= 11 is 6.26. The Bertz CT molecular complexity index is 619. The highest BCUT2D eigenvalue weighted by atomic mass is 35.5. The second-order valence-electron chi connectivity index (χ2n) is 5.11. The molecule has 0 bridgehead atoms. The highest BCUT2D eigenvalue weighted by Gasteiger charge is 2.24. The Morgan fingerprint density at radius 3 is 2.85 bits per heavy atom. The smallest absolute Gasteiger partial charge is 0.137 e. The minimum Gasteiger partial charge on any atom is -0.493 e. The molecule has 0 spiro atoms. The van der Waals surface area contributed by atoms with Crippen LogP contribution in [0.1, 0.15) is 35.5 Å². The molecule has 0 fully saturated rings. The summed E-state index contributed by atoms with van der Waals surface area (Å²) in [4.78, 5) is 9.10. The summed E-state index contributed by atoms with van der Waals surface area (Å²) in [5.74, 6) is 1.93. The number of nitrogens with zero attached hydrogens (tertiary/aromatic N) is 2. The van der Waals surface area contributed by atoms with Crippen LogP contribution < -0.4 is 4.74 Å². The molecule has 3 rings (SSSR count). The second-order valence-corrected chi connectivity index (χ2v) is 5.47. The van der Waals surface area contributed by atoms with E-state index in [0.717, 1.165) is 35.7 Å². The van der Waals surface area contributed by atoms with Crippen molar-refractivity contribution in [2.45, 2.75) is 32.6 Å². The topological polar surface area (TPSA) is 35.0 Å². The second kappa shape index (κ2) is 5.41. The van der Waals surface area contributed by atoms with E-state index >= 15 is 0 Å². The van der Waals surface area contributed by atoms with Crippen molar-refractivity contribution >= 4 is 11.6 Å². The number of aryl methyl sites for hydroxylation is 1. The van der Waals surface area contributed by atoms with Gasteiger partial charge in [0.05, 0.1) is 12.5 Å². The third kappa shape index (κ3) is 2.38. The SMILES string of the molecule is CCc1c(C)nc(C2COc3ccccc3C2)nc1Cl. The molecule has 0 saturated heterocycles. The first-order valence-electron chi connectivity index (χ1n) is 6.92. The van der Waals surface area contributed by atoms with E-state index in [1.807, 2.05) is 25.1 Å². The van der Waals surface area contributed by atoms with E-state index < -0.39 is 0 Å². The van der Waals surface area contributed by atoms with Crippen molar-refractivity contribution in [2.24, 2.45) is 0 Å². The van der Waals surface area contributed by atoms with Crippen LogP contribution in [-0.2, 0) is 12.8 Å². The first-order valence-corrected chi connectivity index (χ1v) is 7.30. The molecule has 0 saturated carbocycles. The van der Waals surface area contributed by atoms with Crippen LogP contribution in [0.4, 0.5) is 0 Å². The molecule has 2 heterocycles. The van der Waals surface area contributed by atoms with E-state index in [1.165, 1.54) is 5.56 Å². The lowest BCUT2D eigenvalue weighted by molar-refractivity contribution is 0.257. The zero-order valence-corrected chi connectivity index (χ0v) is 12.4. The number of rotatable bonds is 2. The van der Waals surface area contributed by atoms with Crippen molar-refractivity contribution in [3.63, 3.8) is 0 Å². The molecule has 1 aliphatic heterocycles. The van der Waals surface area contributed by atoms with Crippen molar-refractivity contribution in [3.05, 3.63) is 52.1 Å². The molecule has 2 aromatic rings. The summed E-state index contributed by atoms with van der Waals surface area (Å²) in [7, 11) is 0. The number of benzene rings is 1. The standard InChI is InChI=1S/C16H17ClN2O/c1-3-13-10(2)18-16(19-15(13)17)12-8-11-6-4-5-7-14(11)20-9-12/h4-7,12H,3,8-9H2,1-2H3. The van der Waals surface area contributed by atoms with Crippen molar-refractivity contribution in [3.8, 4) is 5.75 Å². The van der Waals surface area contributed by atoms with E-state index in [4.69, 9.17) is 16.3 Å². The number of hydrogen-bond acceptors (Lipinski definition) is 3. The van der Waals surface area contributed by atoms with Crippen molar-refractivity contribution in [1.82, 2.24) is 9.97 Å². The minimum atomic E-state index is 0.173. The molecule has 0 aliphatic carbocycles. The van der Waals surface area contributed by atoms with Gasteiger partial charge in [0, 0.05) is 11.3 Å². The van der Waals surface area contributed by atoms with Gasteiger partial charge in [-0.05, 0) is 31.4 Å². The molecule has 1 atom stereocenters. The van der Waals surface area contributed by atoms with Gasteiger partial charge in [-0.1, -0.05) is 36.7 Å². The summed E-state index contributed by atoms with van der Waals surface area (Å²) in [6.07, 6.45) is 1.76. The van der Waals surface area contributed by atoms with Crippen molar-refractivity contribution in [1.29, 1.82) is 0 Å². The highest BCUT2D eigenvalue weighted by molar-refractivity contribution is 6.30. The summed E-state index contributed by atoms with van der Waals surface area (Å²) in [6.45, 7) is 4.67. The average molecular weight is 289 g/mol. The maximum Gasteiger partial charge on any atom is 0.137 e. The Labute approximate surface area is 124 Å². The van der Waals surface area contributed by atoms with Crippen molar-refractivity contribution in [2.75, 3.05) is 6.61 Å². The van der Waals surface area contributed by atoms with E-state index in [1.54, 1.807) is 0 Å². The van der Waals surface area contributed by atoms with Gasteiger partial charge in [0.15, 0.2) is 0 Å². The van der Waals surface area contributed by atoms with Crippen molar-refractivity contribution < 1.29 is 4.74 Å². The van der Waals surface area contributed by atoms with Crippen LogP contribution in [-0.4, -0.2) is 16.6 Å². The van der Waals surface area contributed by atoms with Gasteiger partial charge in [-0.25, -0.2) is 9.97 Å². The minimum absolute atomic E-state index is 0.173. The predicted octanol–water partition coefficient (Wildman–Crippen LogP) is 3.72. The Morgan fingerprint density at radius 1 is 1.30 bits per heavy atom. The molecule has 0 amide bonds.